The summed E-state index contributed by atoms with van der Waals surface area (Å²) < 4.78 is 23.0. The van der Waals surface area contributed by atoms with Crippen LogP contribution in [0, 0.1) is 11.8 Å². The van der Waals surface area contributed by atoms with Gasteiger partial charge in [-0.2, -0.15) is 0 Å². The maximum absolute atomic E-state index is 12.8. The van der Waals surface area contributed by atoms with Crippen molar-refractivity contribution in [2.24, 2.45) is 11.8 Å². The number of carbonyl (C=O) groups excluding carboxylic acids is 2. The van der Waals surface area contributed by atoms with Gasteiger partial charge >= 0.3 is 11.9 Å². The Labute approximate surface area is 228 Å². The molecule has 0 bridgehead atoms. The number of hydrogen-bond acceptors (Lipinski definition) is 5. The van der Waals surface area contributed by atoms with E-state index in [-0.39, 0.29) is 34.6 Å². The number of ether oxygens (including phenoxy) is 2. The van der Waals surface area contributed by atoms with E-state index >= 15 is 0 Å². The molecule has 4 atom stereocenters. The zero-order valence-corrected chi connectivity index (χ0v) is 23.2. The highest BCUT2D eigenvalue weighted by molar-refractivity contribution is 7.84. The van der Waals surface area contributed by atoms with E-state index in [2.05, 4.69) is 38.1 Å². The second-order valence-electron chi connectivity index (χ2n) is 10.8. The molecule has 6 heteroatoms. The number of benzene rings is 2. The molecular weight excluding hydrogens is 496 g/mol. The van der Waals surface area contributed by atoms with E-state index in [4.69, 9.17) is 9.47 Å². The van der Waals surface area contributed by atoms with Crippen LogP contribution in [0.1, 0.15) is 63.5 Å². The molecule has 0 amide bonds. The molecule has 4 rings (SSSR count). The third-order valence-electron chi connectivity index (χ3n) is 8.29. The number of cyclic esters (lactones) is 2. The van der Waals surface area contributed by atoms with Gasteiger partial charge in [-0.25, -0.2) is 0 Å². The summed E-state index contributed by atoms with van der Waals surface area (Å²) in [5.41, 5.74) is 1.53. The third kappa shape index (κ3) is 6.35. The molecule has 0 aromatic heterocycles. The molecule has 0 fully saturated rings. The van der Waals surface area contributed by atoms with Gasteiger partial charge in [0.1, 0.15) is 0 Å². The van der Waals surface area contributed by atoms with Crippen molar-refractivity contribution in [1.29, 1.82) is 0 Å². The molecule has 2 aromatic carbocycles. The van der Waals surface area contributed by atoms with Gasteiger partial charge in [0, 0.05) is 33.1 Å². The highest BCUT2D eigenvalue weighted by atomic mass is 32.2. The van der Waals surface area contributed by atoms with Gasteiger partial charge in [-0.05, 0) is 49.0 Å². The SMILES string of the molecule is CC(CCCCS(=O)CCCCC(C)(c1ccccc1)C1C=COC1=O)(c1ccccc1)C1C=COC1=O. The van der Waals surface area contributed by atoms with Crippen molar-refractivity contribution in [3.63, 3.8) is 0 Å². The van der Waals surface area contributed by atoms with Gasteiger partial charge in [0.15, 0.2) is 0 Å². The van der Waals surface area contributed by atoms with Crippen molar-refractivity contribution in [2.45, 2.75) is 63.2 Å². The molecule has 0 saturated heterocycles. The summed E-state index contributed by atoms with van der Waals surface area (Å²) in [7, 11) is -0.895. The fourth-order valence-corrected chi connectivity index (χ4v) is 7.08. The predicted octanol–water partition coefficient (Wildman–Crippen LogP) is 6.36. The van der Waals surface area contributed by atoms with Gasteiger partial charge in [0.25, 0.3) is 0 Å². The first kappa shape index (κ1) is 28.0. The molecule has 0 aliphatic carbocycles. The summed E-state index contributed by atoms with van der Waals surface area (Å²) in [6.07, 6.45) is 11.8. The van der Waals surface area contributed by atoms with E-state index in [1.165, 1.54) is 12.5 Å². The molecule has 0 N–H and O–H groups in total. The highest BCUT2D eigenvalue weighted by Crippen LogP contribution is 2.41. The van der Waals surface area contributed by atoms with Crippen molar-refractivity contribution >= 4 is 22.7 Å². The molecule has 2 aromatic rings. The second-order valence-corrected chi connectivity index (χ2v) is 12.5. The molecule has 2 heterocycles. The van der Waals surface area contributed by atoms with Gasteiger partial charge in [-0.1, -0.05) is 87.4 Å². The number of rotatable bonds is 14. The Morgan fingerprint density at radius 1 is 0.658 bits per heavy atom. The Morgan fingerprint density at radius 2 is 1.05 bits per heavy atom. The summed E-state index contributed by atoms with van der Waals surface area (Å²) in [6.45, 7) is 4.25. The van der Waals surface area contributed by atoms with Crippen LogP contribution in [-0.4, -0.2) is 27.7 Å². The Kier molecular flexibility index (Phi) is 9.37. The van der Waals surface area contributed by atoms with Gasteiger partial charge in [-0.15, -0.1) is 0 Å². The lowest BCUT2D eigenvalue weighted by molar-refractivity contribution is -0.141. The van der Waals surface area contributed by atoms with Crippen LogP contribution in [0.15, 0.2) is 85.3 Å². The van der Waals surface area contributed by atoms with Crippen molar-refractivity contribution < 1.29 is 23.3 Å². The standard InChI is InChI=1S/C32H38O5S/c1-31(25-13-5-3-6-14-25,27-17-21-36-29(27)33)19-9-11-23-38(35)24-12-10-20-32(2,26-15-7-4-8-16-26)28-18-22-37-30(28)34/h3-8,13-18,21-22,27-28H,9-12,19-20,23-24H2,1-2H3. The molecular formula is C32H38O5S. The Balaban J connectivity index is 1.25. The number of hydrogen-bond donors (Lipinski definition) is 0. The van der Waals surface area contributed by atoms with E-state index in [1.807, 2.05) is 48.6 Å². The average Bonchev–Trinajstić information content (AvgIpc) is 3.58. The molecule has 0 radical (unpaired) electrons. The molecule has 0 spiro atoms. The minimum Gasteiger partial charge on any atom is -0.434 e. The van der Waals surface area contributed by atoms with Crippen LogP contribution >= 0.6 is 0 Å². The predicted molar refractivity (Wildman–Crippen MR) is 151 cm³/mol. The largest absolute Gasteiger partial charge is 0.434 e. The smallest absolute Gasteiger partial charge is 0.318 e. The van der Waals surface area contributed by atoms with Gasteiger partial charge < -0.3 is 9.47 Å². The number of esters is 2. The molecule has 2 aliphatic heterocycles. The topological polar surface area (TPSA) is 69.7 Å². The van der Waals surface area contributed by atoms with E-state index in [0.29, 0.717) is 11.5 Å². The van der Waals surface area contributed by atoms with Crippen LogP contribution in [0.4, 0.5) is 0 Å². The van der Waals surface area contributed by atoms with Crippen LogP contribution in [0.3, 0.4) is 0 Å². The van der Waals surface area contributed by atoms with E-state index in [1.54, 1.807) is 0 Å². The number of unbranched alkanes of at least 4 members (excludes halogenated alkanes) is 2. The Hall–Kier alpha value is -2.99. The molecule has 2 aliphatic rings. The van der Waals surface area contributed by atoms with Crippen LogP contribution in [-0.2, 0) is 40.7 Å². The fourth-order valence-electron chi connectivity index (χ4n) is 5.83. The van der Waals surface area contributed by atoms with Crippen molar-refractivity contribution in [2.75, 3.05) is 11.5 Å². The van der Waals surface area contributed by atoms with Gasteiger partial charge in [0.05, 0.1) is 24.4 Å². The minimum atomic E-state index is -0.895. The highest BCUT2D eigenvalue weighted by Gasteiger charge is 2.42. The van der Waals surface area contributed by atoms with Crippen LogP contribution in [0.25, 0.3) is 0 Å². The Morgan fingerprint density at radius 3 is 1.39 bits per heavy atom. The summed E-state index contributed by atoms with van der Waals surface area (Å²) in [5, 5.41) is 0. The second kappa shape index (κ2) is 12.7. The van der Waals surface area contributed by atoms with Crippen molar-refractivity contribution in [3.8, 4) is 0 Å². The van der Waals surface area contributed by atoms with Crippen molar-refractivity contribution in [3.05, 3.63) is 96.5 Å². The van der Waals surface area contributed by atoms with E-state index in [9.17, 15) is 13.8 Å². The summed E-state index contributed by atoms with van der Waals surface area (Å²) in [6, 6.07) is 20.3. The van der Waals surface area contributed by atoms with Crippen LogP contribution in [0.5, 0.6) is 0 Å². The normalized spacial score (nSPS) is 22.5. The molecule has 38 heavy (non-hydrogen) atoms. The fraction of sp³-hybridized carbons (Fsp3) is 0.438. The lowest BCUT2D eigenvalue weighted by atomic mass is 9.69. The zero-order valence-electron chi connectivity index (χ0n) is 22.3. The van der Waals surface area contributed by atoms with Crippen LogP contribution < -0.4 is 0 Å². The molecule has 4 unspecified atom stereocenters. The maximum Gasteiger partial charge on any atom is 0.318 e. The Bertz CT molecular complexity index is 1080. The third-order valence-corrected chi connectivity index (χ3v) is 9.78. The first-order valence-corrected chi connectivity index (χ1v) is 15.0. The quantitative estimate of drug-likeness (QED) is 0.208. The summed E-state index contributed by atoms with van der Waals surface area (Å²) in [5.74, 6) is 0.294. The zero-order chi connectivity index (χ0) is 27.0. The lowest BCUT2D eigenvalue weighted by Gasteiger charge is -2.33. The average molecular weight is 535 g/mol. The van der Waals surface area contributed by atoms with Crippen molar-refractivity contribution in [1.82, 2.24) is 0 Å². The molecule has 0 saturated carbocycles. The van der Waals surface area contributed by atoms with E-state index < -0.39 is 10.8 Å². The molecule has 5 nitrogen and oxygen atoms in total. The molecule has 202 valence electrons. The van der Waals surface area contributed by atoms with Gasteiger partial charge in [-0.3, -0.25) is 13.8 Å². The first-order chi connectivity index (χ1) is 18.3. The van der Waals surface area contributed by atoms with Crippen LogP contribution in [0.2, 0.25) is 0 Å². The number of carbonyl (C=O) groups is 2. The van der Waals surface area contributed by atoms with Gasteiger partial charge in [0.2, 0.25) is 0 Å². The lowest BCUT2D eigenvalue weighted by Crippen LogP contribution is -2.35. The summed E-state index contributed by atoms with van der Waals surface area (Å²) in [4.78, 5) is 24.8. The first-order valence-electron chi connectivity index (χ1n) is 13.5. The maximum atomic E-state index is 12.8. The summed E-state index contributed by atoms with van der Waals surface area (Å²) >= 11 is 0. The minimum absolute atomic E-state index is 0.205. The van der Waals surface area contributed by atoms with E-state index in [0.717, 1.165) is 49.7 Å². The monoisotopic (exact) mass is 534 g/mol.